The van der Waals surface area contributed by atoms with Gasteiger partial charge in [0.2, 0.25) is 0 Å². The van der Waals surface area contributed by atoms with Gasteiger partial charge in [-0.15, -0.1) is 23.7 Å². The van der Waals surface area contributed by atoms with Crippen molar-refractivity contribution in [2.45, 2.75) is 10.8 Å². The van der Waals surface area contributed by atoms with Crippen LogP contribution in [-0.2, 0) is 16.6 Å². The van der Waals surface area contributed by atoms with E-state index in [1.165, 1.54) is 4.31 Å². The van der Waals surface area contributed by atoms with Crippen molar-refractivity contribution in [2.75, 3.05) is 31.9 Å². The van der Waals surface area contributed by atoms with Crippen LogP contribution in [0, 0.1) is 0 Å². The second-order valence-electron chi connectivity index (χ2n) is 5.48. The van der Waals surface area contributed by atoms with Gasteiger partial charge in [-0.1, -0.05) is 23.7 Å². The summed E-state index contributed by atoms with van der Waals surface area (Å²) in [6.45, 7) is 3.16. The highest BCUT2D eigenvalue weighted by molar-refractivity contribution is 7.91. The summed E-state index contributed by atoms with van der Waals surface area (Å²) in [6, 6.07) is 11.0. The third-order valence-corrected chi connectivity index (χ3v) is 7.43. The van der Waals surface area contributed by atoms with Gasteiger partial charge in [-0.2, -0.15) is 4.31 Å². The first-order chi connectivity index (χ1) is 10.9. The Balaban J connectivity index is 0.00000208. The monoisotopic (exact) mass is 407 g/mol. The number of piperazine rings is 1. The average Bonchev–Trinajstić information content (AvgIpc) is 2.95. The number of hydrogen-bond donors (Lipinski definition) is 1. The van der Waals surface area contributed by atoms with Crippen molar-refractivity contribution in [3.8, 4) is 0 Å². The van der Waals surface area contributed by atoms with E-state index >= 15 is 0 Å². The normalized spacial score (nSPS) is 16.7. The van der Waals surface area contributed by atoms with Crippen LogP contribution >= 0.6 is 35.3 Å². The molecule has 1 saturated heterocycles. The zero-order chi connectivity index (χ0) is 16.4. The molecular weight excluding hydrogens is 389 g/mol. The number of halogens is 2. The van der Waals surface area contributed by atoms with E-state index in [1.54, 1.807) is 12.1 Å². The second-order valence-corrected chi connectivity index (χ2v) is 9.36. The summed E-state index contributed by atoms with van der Waals surface area (Å²) in [5, 5.41) is 0. The fourth-order valence-electron chi connectivity index (χ4n) is 2.64. The van der Waals surface area contributed by atoms with E-state index in [4.69, 9.17) is 17.3 Å². The molecule has 0 radical (unpaired) electrons. The Kier molecular flexibility index (Phi) is 6.52. The van der Waals surface area contributed by atoms with Crippen LogP contribution in [0.5, 0.6) is 0 Å². The fourth-order valence-corrected chi connectivity index (χ4v) is 5.70. The van der Waals surface area contributed by atoms with Gasteiger partial charge >= 0.3 is 0 Å². The summed E-state index contributed by atoms with van der Waals surface area (Å²) in [5.41, 5.74) is 7.69. The predicted octanol–water partition coefficient (Wildman–Crippen LogP) is 2.91. The van der Waals surface area contributed by atoms with Crippen molar-refractivity contribution in [3.63, 3.8) is 0 Å². The summed E-state index contributed by atoms with van der Waals surface area (Å²) in [6.07, 6.45) is 0. The van der Waals surface area contributed by atoms with Crippen LogP contribution < -0.4 is 5.73 Å². The lowest BCUT2D eigenvalue weighted by atomic mass is 10.2. The van der Waals surface area contributed by atoms with E-state index in [2.05, 4.69) is 4.90 Å². The quantitative estimate of drug-likeness (QED) is 0.791. The zero-order valence-electron chi connectivity index (χ0n) is 12.9. The van der Waals surface area contributed by atoms with Gasteiger partial charge in [-0.25, -0.2) is 8.42 Å². The van der Waals surface area contributed by atoms with Crippen molar-refractivity contribution in [1.29, 1.82) is 0 Å². The van der Waals surface area contributed by atoms with Crippen molar-refractivity contribution in [3.05, 3.63) is 46.3 Å². The molecule has 1 fully saturated rings. The molecule has 0 amide bonds. The van der Waals surface area contributed by atoms with Crippen LogP contribution in [0.25, 0.3) is 0 Å². The first kappa shape index (κ1) is 19.5. The molecule has 0 unspecified atom stereocenters. The van der Waals surface area contributed by atoms with Gasteiger partial charge in [-0.3, -0.25) is 4.90 Å². The molecule has 0 saturated carbocycles. The lowest BCUT2D eigenvalue weighted by Gasteiger charge is -2.33. The summed E-state index contributed by atoms with van der Waals surface area (Å²) < 4.78 is 27.4. The minimum atomic E-state index is -3.42. The Labute approximate surface area is 157 Å². The minimum absolute atomic E-state index is 0. The van der Waals surface area contributed by atoms with Crippen molar-refractivity contribution in [1.82, 2.24) is 9.21 Å². The van der Waals surface area contributed by atoms with Gasteiger partial charge in [-0.05, 0) is 29.8 Å². The van der Waals surface area contributed by atoms with Gasteiger partial charge in [0.05, 0.1) is 4.34 Å². The van der Waals surface area contributed by atoms with E-state index in [0.717, 1.165) is 29.1 Å². The summed E-state index contributed by atoms with van der Waals surface area (Å²) in [7, 11) is -3.42. The van der Waals surface area contributed by atoms with Gasteiger partial charge < -0.3 is 5.73 Å². The number of nitrogens with zero attached hydrogens (tertiary/aromatic N) is 2. The molecule has 0 aliphatic carbocycles. The second kappa shape index (κ2) is 8.03. The fraction of sp³-hybridized carbons (Fsp3) is 0.333. The number of anilines is 1. The molecule has 2 aromatic rings. The number of thiophene rings is 1. The largest absolute Gasteiger partial charge is 0.399 e. The Bertz CT molecular complexity index is 788. The number of nitrogens with two attached hydrogens (primary N) is 1. The summed E-state index contributed by atoms with van der Waals surface area (Å²) in [5.74, 6) is 0. The maximum Gasteiger partial charge on any atom is 0.252 e. The van der Waals surface area contributed by atoms with Crippen molar-refractivity contribution in [2.24, 2.45) is 0 Å². The molecule has 2 heterocycles. The molecular formula is C15H19Cl2N3O2S2. The number of nitrogen functional groups attached to an aromatic ring is 1. The van der Waals surface area contributed by atoms with Crippen LogP contribution in [0.1, 0.15) is 5.56 Å². The molecule has 2 N–H and O–H groups in total. The first-order valence-electron chi connectivity index (χ1n) is 7.27. The molecule has 0 spiro atoms. The maximum absolute atomic E-state index is 12.6. The van der Waals surface area contributed by atoms with E-state index in [0.29, 0.717) is 34.7 Å². The van der Waals surface area contributed by atoms with Crippen LogP contribution in [0.3, 0.4) is 0 Å². The molecule has 24 heavy (non-hydrogen) atoms. The lowest BCUT2D eigenvalue weighted by molar-refractivity contribution is 0.182. The average molecular weight is 408 g/mol. The van der Waals surface area contributed by atoms with Crippen LogP contribution in [0.2, 0.25) is 4.34 Å². The lowest BCUT2D eigenvalue weighted by Crippen LogP contribution is -2.48. The maximum atomic E-state index is 12.6. The standard InChI is InChI=1S/C15H18ClN3O2S2.ClH/c16-14-4-5-15(22-14)23(20,21)19-8-6-18(7-9-19)11-12-2-1-3-13(17)10-12;/h1-5,10H,6-9,11,17H2;1H. The number of hydrogen-bond acceptors (Lipinski definition) is 5. The Hall–Kier alpha value is -0.830. The summed E-state index contributed by atoms with van der Waals surface area (Å²) >= 11 is 6.95. The SMILES string of the molecule is Cl.Nc1cccc(CN2CCN(S(=O)(=O)c3ccc(Cl)s3)CC2)c1. The molecule has 1 aliphatic rings. The molecule has 5 nitrogen and oxygen atoms in total. The van der Waals surface area contributed by atoms with E-state index in [1.807, 2.05) is 24.3 Å². The molecule has 0 bridgehead atoms. The molecule has 0 atom stereocenters. The van der Waals surface area contributed by atoms with Gasteiger partial charge in [0.1, 0.15) is 4.21 Å². The molecule has 1 aromatic heterocycles. The Morgan fingerprint density at radius 1 is 1.12 bits per heavy atom. The Morgan fingerprint density at radius 2 is 1.83 bits per heavy atom. The van der Waals surface area contributed by atoms with Crippen LogP contribution in [-0.4, -0.2) is 43.8 Å². The topological polar surface area (TPSA) is 66.6 Å². The number of benzene rings is 1. The van der Waals surface area contributed by atoms with Crippen LogP contribution in [0.15, 0.2) is 40.6 Å². The molecule has 9 heteroatoms. The highest BCUT2D eigenvalue weighted by Crippen LogP contribution is 2.28. The highest BCUT2D eigenvalue weighted by atomic mass is 35.5. The summed E-state index contributed by atoms with van der Waals surface area (Å²) in [4.78, 5) is 2.24. The third-order valence-electron chi connectivity index (χ3n) is 3.83. The molecule has 132 valence electrons. The molecule has 3 rings (SSSR count). The van der Waals surface area contributed by atoms with Crippen molar-refractivity contribution >= 4 is 51.1 Å². The van der Waals surface area contributed by atoms with Crippen LogP contribution in [0.4, 0.5) is 5.69 Å². The predicted molar refractivity (Wildman–Crippen MR) is 101 cm³/mol. The third kappa shape index (κ3) is 4.41. The van der Waals surface area contributed by atoms with Gasteiger partial charge in [0.25, 0.3) is 10.0 Å². The minimum Gasteiger partial charge on any atom is -0.399 e. The van der Waals surface area contributed by atoms with E-state index in [9.17, 15) is 8.42 Å². The molecule has 1 aromatic carbocycles. The Morgan fingerprint density at radius 3 is 2.42 bits per heavy atom. The number of rotatable bonds is 4. The number of sulfonamides is 1. The van der Waals surface area contributed by atoms with E-state index in [-0.39, 0.29) is 12.4 Å². The smallest absolute Gasteiger partial charge is 0.252 e. The molecule has 1 aliphatic heterocycles. The zero-order valence-corrected chi connectivity index (χ0v) is 16.1. The van der Waals surface area contributed by atoms with Crippen molar-refractivity contribution < 1.29 is 8.42 Å². The first-order valence-corrected chi connectivity index (χ1v) is 9.91. The highest BCUT2D eigenvalue weighted by Gasteiger charge is 2.29. The van der Waals surface area contributed by atoms with E-state index < -0.39 is 10.0 Å². The van der Waals surface area contributed by atoms with Gasteiger partial charge in [0.15, 0.2) is 0 Å². The van der Waals surface area contributed by atoms with Gasteiger partial charge in [0, 0.05) is 38.4 Å².